The minimum absolute atomic E-state index is 0.608. The molecule has 6 rings (SSSR count). The van der Waals surface area contributed by atoms with Crippen molar-refractivity contribution in [3.63, 3.8) is 0 Å². The maximum Gasteiger partial charge on any atom is 0.113 e. The van der Waals surface area contributed by atoms with Crippen molar-refractivity contribution in [2.24, 2.45) is 4.99 Å². The average Bonchev–Trinajstić information content (AvgIpc) is 3.47. The topological polar surface area (TPSA) is 42.6 Å². The van der Waals surface area contributed by atoms with E-state index in [1.807, 2.05) is 30.3 Å². The van der Waals surface area contributed by atoms with Gasteiger partial charge in [-0.15, -0.1) is 0 Å². The molecule has 0 amide bonds. The summed E-state index contributed by atoms with van der Waals surface area (Å²) in [5.41, 5.74) is 10.2. The lowest BCUT2D eigenvalue weighted by molar-refractivity contribution is 1.21. The van der Waals surface area contributed by atoms with Crippen molar-refractivity contribution in [1.29, 1.82) is 5.26 Å². The molecule has 0 unspecified atom stereocenters. The Kier molecular flexibility index (Phi) is 8.45. The van der Waals surface area contributed by atoms with Gasteiger partial charge >= 0.3 is 0 Å². The van der Waals surface area contributed by atoms with Gasteiger partial charge in [0.2, 0.25) is 0 Å². The highest BCUT2D eigenvalue weighted by Crippen LogP contribution is 2.49. The summed E-state index contributed by atoms with van der Waals surface area (Å²) in [7, 11) is 5.92. The van der Waals surface area contributed by atoms with E-state index in [0.29, 0.717) is 5.57 Å². The molecule has 0 saturated heterocycles. The van der Waals surface area contributed by atoms with Gasteiger partial charge in [-0.2, -0.15) is 5.26 Å². The Labute approximate surface area is 263 Å². The van der Waals surface area contributed by atoms with Gasteiger partial charge in [-0.05, 0) is 65.2 Å². The van der Waals surface area contributed by atoms with Crippen LogP contribution in [0.25, 0.3) is 11.1 Å². The number of thioether (sulfide) groups is 1. The Morgan fingerprint density at radius 3 is 1.41 bits per heavy atom. The molecular weight excluding hydrogens is 557 g/mol. The number of hydrogen-bond acceptors (Lipinski definition) is 5. The molecule has 0 spiro atoms. The molecule has 0 aliphatic carbocycles. The quantitative estimate of drug-likeness (QED) is 0.190. The van der Waals surface area contributed by atoms with E-state index in [0.717, 1.165) is 60.5 Å². The minimum Gasteiger partial charge on any atom is -0.345 e. The highest BCUT2D eigenvalue weighted by Gasteiger charge is 2.31. The zero-order valence-electron chi connectivity index (χ0n) is 25.0. The fourth-order valence-electron chi connectivity index (χ4n) is 5.47. The van der Waals surface area contributed by atoms with Crippen LogP contribution < -0.4 is 9.80 Å². The van der Waals surface area contributed by atoms with E-state index >= 15 is 0 Å². The summed E-state index contributed by atoms with van der Waals surface area (Å²) in [6.07, 6.45) is 0. The predicted octanol–water partition coefficient (Wildman–Crippen LogP) is 9.73. The van der Waals surface area contributed by atoms with Crippen LogP contribution in [-0.4, -0.2) is 26.2 Å². The average molecular weight is 589 g/mol. The van der Waals surface area contributed by atoms with Crippen LogP contribution in [-0.2, 0) is 0 Å². The van der Waals surface area contributed by atoms with Crippen LogP contribution in [0.1, 0.15) is 16.7 Å². The van der Waals surface area contributed by atoms with Crippen LogP contribution in [0.4, 0.5) is 22.7 Å². The zero-order valence-corrected chi connectivity index (χ0v) is 25.8. The molecule has 0 N–H and O–H groups in total. The largest absolute Gasteiger partial charge is 0.345 e. The molecule has 0 saturated carbocycles. The zero-order chi connectivity index (χ0) is 30.5. The van der Waals surface area contributed by atoms with Crippen LogP contribution in [0.15, 0.2) is 155 Å². The van der Waals surface area contributed by atoms with E-state index in [1.54, 1.807) is 18.8 Å². The first-order chi connectivity index (χ1) is 21.6. The molecule has 44 heavy (non-hydrogen) atoms. The van der Waals surface area contributed by atoms with Crippen LogP contribution in [0.2, 0.25) is 0 Å². The third kappa shape index (κ3) is 5.68. The van der Waals surface area contributed by atoms with E-state index in [9.17, 15) is 5.26 Å². The number of allylic oxidation sites excluding steroid dienone is 1. The first-order valence-corrected chi connectivity index (χ1v) is 15.3. The maximum absolute atomic E-state index is 10.3. The van der Waals surface area contributed by atoms with E-state index in [-0.39, 0.29) is 0 Å². The molecule has 1 aliphatic heterocycles. The third-order valence-corrected chi connectivity index (χ3v) is 9.06. The Morgan fingerprint density at radius 2 is 1.00 bits per heavy atom. The summed E-state index contributed by atoms with van der Waals surface area (Å²) in [4.78, 5) is 9.92. The number of aliphatic imine (C=N–C) groups is 1. The highest BCUT2D eigenvalue weighted by atomic mass is 32.2. The molecule has 1 heterocycles. The van der Waals surface area contributed by atoms with E-state index in [4.69, 9.17) is 0 Å². The molecule has 214 valence electrons. The number of rotatable bonds is 7. The summed E-state index contributed by atoms with van der Waals surface area (Å²) in [5, 5.41) is 11.1. The lowest BCUT2D eigenvalue weighted by atomic mass is 9.91. The molecular formula is C39H32N4S. The number of para-hydroxylation sites is 2. The van der Waals surface area contributed by atoms with Crippen molar-refractivity contribution in [2.45, 2.75) is 0 Å². The first kappa shape index (κ1) is 28.8. The maximum atomic E-state index is 10.3. The van der Waals surface area contributed by atoms with Crippen LogP contribution in [0, 0.1) is 11.3 Å². The van der Waals surface area contributed by atoms with Crippen LogP contribution in [0.3, 0.4) is 0 Å². The summed E-state index contributed by atoms with van der Waals surface area (Å²) in [6, 6.07) is 50.7. The van der Waals surface area contributed by atoms with Gasteiger partial charge in [-0.3, -0.25) is 4.99 Å². The minimum atomic E-state index is 0.608. The molecule has 1 aliphatic rings. The fraction of sp³-hybridized carbons (Fsp3) is 0.0769. The Balaban J connectivity index is 1.50. The second-order valence-electron chi connectivity index (χ2n) is 10.4. The molecule has 0 bridgehead atoms. The summed E-state index contributed by atoms with van der Waals surface area (Å²) < 4.78 is 0. The first-order valence-electron chi connectivity index (χ1n) is 14.5. The van der Waals surface area contributed by atoms with Gasteiger partial charge < -0.3 is 9.80 Å². The SMILES string of the molecule is CN=C1SC(=C(c2ccc(N(C)c3ccccc3)cc2)c2ccc(N(C)c3ccccc3)cc2)C(c2ccccc2)=C1C#N. The number of hydrogen-bond donors (Lipinski definition) is 0. The van der Waals surface area contributed by atoms with Crippen molar-refractivity contribution in [3.8, 4) is 6.07 Å². The van der Waals surface area contributed by atoms with E-state index in [2.05, 4.69) is 144 Å². The Morgan fingerprint density at radius 1 is 0.591 bits per heavy atom. The highest BCUT2D eigenvalue weighted by molar-refractivity contribution is 8.19. The molecule has 0 fully saturated rings. The lowest BCUT2D eigenvalue weighted by Crippen LogP contribution is -2.09. The smallest absolute Gasteiger partial charge is 0.113 e. The fourth-order valence-corrected chi connectivity index (χ4v) is 6.66. The van der Waals surface area contributed by atoms with Crippen LogP contribution >= 0.6 is 11.8 Å². The van der Waals surface area contributed by atoms with Crippen molar-refractivity contribution >= 4 is 50.7 Å². The van der Waals surface area contributed by atoms with Gasteiger partial charge in [-0.1, -0.05) is 103 Å². The predicted molar refractivity (Wildman–Crippen MR) is 188 cm³/mol. The summed E-state index contributed by atoms with van der Waals surface area (Å²) in [6.45, 7) is 0. The van der Waals surface area contributed by atoms with Gasteiger partial charge in [0.25, 0.3) is 0 Å². The summed E-state index contributed by atoms with van der Waals surface area (Å²) >= 11 is 1.57. The van der Waals surface area contributed by atoms with Gasteiger partial charge in [-0.25, -0.2) is 0 Å². The molecule has 5 aromatic carbocycles. The van der Waals surface area contributed by atoms with Gasteiger partial charge in [0.1, 0.15) is 11.1 Å². The molecule has 0 aromatic heterocycles. The molecule has 5 aromatic rings. The number of anilines is 4. The Bertz CT molecular complexity index is 1790. The number of nitrogens with zero attached hydrogens (tertiary/aromatic N) is 4. The lowest BCUT2D eigenvalue weighted by Gasteiger charge is -2.22. The van der Waals surface area contributed by atoms with Crippen LogP contribution in [0.5, 0.6) is 0 Å². The second-order valence-corrected chi connectivity index (χ2v) is 11.4. The van der Waals surface area contributed by atoms with Crippen molar-refractivity contribution in [1.82, 2.24) is 0 Å². The Hall–Kier alpha value is -5.31. The molecule has 0 atom stereocenters. The monoisotopic (exact) mass is 588 g/mol. The second kappa shape index (κ2) is 12.9. The summed E-state index contributed by atoms with van der Waals surface area (Å²) in [5.74, 6) is 0. The third-order valence-electron chi connectivity index (χ3n) is 7.87. The molecule has 4 nitrogen and oxygen atoms in total. The standard InChI is InChI=1S/C39H32N4S/c1-41-39-35(27-40)37(28-13-7-4-8-14-28)38(44-39)36(29-19-23-33(24-20-29)42(2)31-15-9-5-10-16-31)30-21-25-34(26-22-30)43(3)32-17-11-6-12-18-32/h4-26H,1-3H3. The molecule has 0 radical (unpaired) electrons. The number of nitriles is 1. The van der Waals surface area contributed by atoms with Gasteiger partial charge in [0.05, 0.1) is 5.57 Å². The number of benzene rings is 5. The van der Waals surface area contributed by atoms with Crippen molar-refractivity contribution in [3.05, 3.63) is 167 Å². The molecule has 5 heteroatoms. The van der Waals surface area contributed by atoms with Gasteiger partial charge in [0.15, 0.2) is 0 Å². The van der Waals surface area contributed by atoms with E-state index < -0.39 is 0 Å². The van der Waals surface area contributed by atoms with E-state index in [1.165, 1.54) is 0 Å². The van der Waals surface area contributed by atoms with Gasteiger partial charge in [0, 0.05) is 59.9 Å². The van der Waals surface area contributed by atoms with Crippen molar-refractivity contribution < 1.29 is 0 Å². The normalized spacial score (nSPS) is 13.6. The van der Waals surface area contributed by atoms with Crippen molar-refractivity contribution in [2.75, 3.05) is 30.9 Å².